The van der Waals surface area contributed by atoms with Crippen molar-refractivity contribution in [3.63, 3.8) is 0 Å². The standard InChI is InChI=1S/C20H18FN3O2/c21-18-8-4-2-6-15(18)12-23(16-9-10-16)19(25)13-24-20(26)17-7-3-1-5-14(17)11-22-24/h1-8,11,16H,9-10,12-13H2. The monoisotopic (exact) mass is 351 g/mol. The molecule has 1 fully saturated rings. The van der Waals surface area contributed by atoms with Crippen LogP contribution in [0.15, 0.2) is 59.5 Å². The molecule has 0 saturated heterocycles. The van der Waals surface area contributed by atoms with Gasteiger partial charge in [-0.25, -0.2) is 9.07 Å². The van der Waals surface area contributed by atoms with E-state index in [9.17, 15) is 14.0 Å². The maximum Gasteiger partial charge on any atom is 0.275 e. The van der Waals surface area contributed by atoms with Gasteiger partial charge in [0.25, 0.3) is 5.56 Å². The van der Waals surface area contributed by atoms with Crippen LogP contribution in [0.5, 0.6) is 0 Å². The molecule has 1 aliphatic carbocycles. The number of carbonyl (C=O) groups excluding carboxylic acids is 1. The van der Waals surface area contributed by atoms with Crippen LogP contribution in [0.25, 0.3) is 10.8 Å². The molecule has 4 rings (SSSR count). The SMILES string of the molecule is O=C(Cn1ncc2ccccc2c1=O)N(Cc1ccccc1F)C1CC1. The summed E-state index contributed by atoms with van der Waals surface area (Å²) in [6.07, 6.45) is 3.39. The van der Waals surface area contributed by atoms with Crippen molar-refractivity contribution in [2.75, 3.05) is 0 Å². The molecular formula is C20H18FN3O2. The first-order valence-corrected chi connectivity index (χ1v) is 8.61. The highest BCUT2D eigenvalue weighted by atomic mass is 19.1. The van der Waals surface area contributed by atoms with Crippen LogP contribution in [0.1, 0.15) is 18.4 Å². The van der Waals surface area contributed by atoms with Gasteiger partial charge in [-0.05, 0) is 25.0 Å². The number of nitrogens with zero attached hydrogens (tertiary/aromatic N) is 3. The Morgan fingerprint density at radius 2 is 1.88 bits per heavy atom. The van der Waals surface area contributed by atoms with E-state index in [0.717, 1.165) is 18.2 Å². The first-order valence-electron chi connectivity index (χ1n) is 8.61. The van der Waals surface area contributed by atoms with Crippen LogP contribution in [0.4, 0.5) is 4.39 Å². The molecule has 26 heavy (non-hydrogen) atoms. The number of fused-ring (bicyclic) bond motifs is 1. The van der Waals surface area contributed by atoms with Crippen LogP contribution < -0.4 is 5.56 Å². The molecule has 132 valence electrons. The quantitative estimate of drug-likeness (QED) is 0.710. The third-order valence-electron chi connectivity index (χ3n) is 4.65. The van der Waals surface area contributed by atoms with Gasteiger partial charge in [-0.15, -0.1) is 0 Å². The van der Waals surface area contributed by atoms with E-state index in [4.69, 9.17) is 0 Å². The minimum atomic E-state index is -0.327. The number of amides is 1. The zero-order valence-electron chi connectivity index (χ0n) is 14.1. The number of hydrogen-bond donors (Lipinski definition) is 0. The van der Waals surface area contributed by atoms with Gasteiger partial charge in [0.05, 0.1) is 11.6 Å². The molecule has 1 aliphatic rings. The summed E-state index contributed by atoms with van der Waals surface area (Å²) in [5.74, 6) is -0.549. The molecule has 1 heterocycles. The maximum atomic E-state index is 14.0. The minimum absolute atomic E-state index is 0.110. The highest BCUT2D eigenvalue weighted by Gasteiger charge is 2.33. The van der Waals surface area contributed by atoms with Crippen molar-refractivity contribution in [2.24, 2.45) is 0 Å². The van der Waals surface area contributed by atoms with Crippen LogP contribution in [0.2, 0.25) is 0 Å². The van der Waals surface area contributed by atoms with Gasteiger partial charge in [-0.3, -0.25) is 9.59 Å². The molecule has 0 bridgehead atoms. The molecule has 5 nitrogen and oxygen atoms in total. The molecule has 1 saturated carbocycles. The van der Waals surface area contributed by atoms with Crippen LogP contribution in [-0.4, -0.2) is 26.6 Å². The zero-order chi connectivity index (χ0) is 18.1. The molecule has 0 N–H and O–H groups in total. The maximum absolute atomic E-state index is 14.0. The lowest BCUT2D eigenvalue weighted by molar-refractivity contribution is -0.133. The third-order valence-corrected chi connectivity index (χ3v) is 4.65. The van der Waals surface area contributed by atoms with Gasteiger partial charge in [-0.2, -0.15) is 5.10 Å². The Bertz CT molecular complexity index is 1030. The van der Waals surface area contributed by atoms with Crippen molar-refractivity contribution < 1.29 is 9.18 Å². The van der Waals surface area contributed by atoms with Gasteiger partial charge in [0.2, 0.25) is 5.91 Å². The molecule has 0 spiro atoms. The molecule has 2 aromatic carbocycles. The number of carbonyl (C=O) groups is 1. The van der Waals surface area contributed by atoms with Crippen molar-refractivity contribution in [2.45, 2.75) is 32.0 Å². The van der Waals surface area contributed by atoms with Crippen molar-refractivity contribution in [3.05, 3.63) is 76.5 Å². The Morgan fingerprint density at radius 1 is 1.15 bits per heavy atom. The fourth-order valence-corrected chi connectivity index (χ4v) is 3.08. The second-order valence-electron chi connectivity index (χ2n) is 6.54. The molecule has 0 unspecified atom stereocenters. The summed E-state index contributed by atoms with van der Waals surface area (Å²) in [6.45, 7) is 0.0626. The van der Waals surface area contributed by atoms with Crippen LogP contribution in [0, 0.1) is 5.82 Å². The Labute approximate surface area is 149 Å². The number of halogens is 1. The van der Waals surface area contributed by atoms with E-state index < -0.39 is 0 Å². The molecule has 6 heteroatoms. The van der Waals surface area contributed by atoms with Crippen LogP contribution >= 0.6 is 0 Å². The van der Waals surface area contributed by atoms with Crippen LogP contribution in [0.3, 0.4) is 0 Å². The summed E-state index contributed by atoms with van der Waals surface area (Å²) in [4.78, 5) is 27.0. The van der Waals surface area contributed by atoms with Crippen molar-refractivity contribution in [1.29, 1.82) is 0 Å². The second-order valence-corrected chi connectivity index (χ2v) is 6.54. The molecular weight excluding hydrogens is 333 g/mol. The summed E-state index contributed by atoms with van der Waals surface area (Å²) in [6, 6.07) is 13.7. The number of aromatic nitrogens is 2. The lowest BCUT2D eigenvalue weighted by Crippen LogP contribution is -2.38. The number of benzene rings is 2. The van der Waals surface area contributed by atoms with E-state index in [1.807, 2.05) is 12.1 Å². The predicted octanol–water partition coefficient (Wildman–Crippen LogP) is 2.73. The highest BCUT2D eigenvalue weighted by molar-refractivity contribution is 5.81. The summed E-state index contributed by atoms with van der Waals surface area (Å²) in [5, 5.41) is 5.39. The third kappa shape index (κ3) is 3.22. The molecule has 0 atom stereocenters. The summed E-state index contributed by atoms with van der Waals surface area (Å²) < 4.78 is 15.1. The van der Waals surface area contributed by atoms with Gasteiger partial charge in [-0.1, -0.05) is 36.4 Å². The van der Waals surface area contributed by atoms with E-state index in [2.05, 4.69) is 5.10 Å². The van der Waals surface area contributed by atoms with Gasteiger partial charge in [0.15, 0.2) is 0 Å². The van der Waals surface area contributed by atoms with Gasteiger partial charge in [0.1, 0.15) is 12.4 Å². The number of rotatable bonds is 5. The Kier molecular flexibility index (Phi) is 4.24. The van der Waals surface area contributed by atoms with Crippen molar-refractivity contribution in [3.8, 4) is 0 Å². The summed E-state index contributed by atoms with van der Waals surface area (Å²) >= 11 is 0. The summed E-state index contributed by atoms with van der Waals surface area (Å²) in [5.41, 5.74) is 0.185. The first-order chi connectivity index (χ1) is 12.6. The van der Waals surface area contributed by atoms with E-state index in [0.29, 0.717) is 10.9 Å². The zero-order valence-corrected chi connectivity index (χ0v) is 14.1. The van der Waals surface area contributed by atoms with Crippen molar-refractivity contribution in [1.82, 2.24) is 14.7 Å². The van der Waals surface area contributed by atoms with Gasteiger partial charge >= 0.3 is 0 Å². The molecule has 1 aromatic heterocycles. The topological polar surface area (TPSA) is 55.2 Å². The lowest BCUT2D eigenvalue weighted by Gasteiger charge is -2.23. The minimum Gasteiger partial charge on any atom is -0.334 e. The van der Waals surface area contributed by atoms with E-state index >= 15 is 0 Å². The fourth-order valence-electron chi connectivity index (χ4n) is 3.08. The molecule has 1 amide bonds. The Hall–Kier alpha value is -3.02. The number of hydrogen-bond acceptors (Lipinski definition) is 3. The predicted molar refractivity (Wildman–Crippen MR) is 96.0 cm³/mol. The normalized spacial score (nSPS) is 13.7. The Morgan fingerprint density at radius 3 is 2.65 bits per heavy atom. The lowest BCUT2D eigenvalue weighted by atomic mass is 10.2. The molecule has 0 aliphatic heterocycles. The molecule has 3 aromatic rings. The van der Waals surface area contributed by atoms with E-state index in [1.54, 1.807) is 41.4 Å². The average Bonchev–Trinajstić information content (AvgIpc) is 3.48. The second kappa shape index (κ2) is 6.71. The first kappa shape index (κ1) is 16.4. The highest BCUT2D eigenvalue weighted by Crippen LogP contribution is 2.29. The average molecular weight is 351 g/mol. The van der Waals surface area contributed by atoms with Crippen LogP contribution in [-0.2, 0) is 17.9 Å². The molecule has 0 radical (unpaired) electrons. The smallest absolute Gasteiger partial charge is 0.275 e. The largest absolute Gasteiger partial charge is 0.334 e. The van der Waals surface area contributed by atoms with E-state index in [-0.39, 0.29) is 36.4 Å². The van der Waals surface area contributed by atoms with Crippen molar-refractivity contribution >= 4 is 16.7 Å². The van der Waals surface area contributed by atoms with Gasteiger partial charge < -0.3 is 4.90 Å². The summed E-state index contributed by atoms with van der Waals surface area (Å²) in [7, 11) is 0. The van der Waals surface area contributed by atoms with Gasteiger partial charge in [0, 0.05) is 23.5 Å². The van der Waals surface area contributed by atoms with E-state index in [1.165, 1.54) is 10.7 Å². The fraction of sp³-hybridized carbons (Fsp3) is 0.250. The Balaban J connectivity index is 1.59.